The predicted molar refractivity (Wildman–Crippen MR) is 136 cm³/mol. The summed E-state index contributed by atoms with van der Waals surface area (Å²) >= 11 is 0. The number of ether oxygens (including phenoxy) is 1. The van der Waals surface area contributed by atoms with E-state index in [-0.39, 0.29) is 5.91 Å². The summed E-state index contributed by atoms with van der Waals surface area (Å²) in [5.74, 6) is 0.907. The molecule has 0 unspecified atom stereocenters. The van der Waals surface area contributed by atoms with Crippen LogP contribution in [0.15, 0.2) is 24.7 Å². The van der Waals surface area contributed by atoms with Crippen molar-refractivity contribution in [3.63, 3.8) is 0 Å². The zero-order valence-corrected chi connectivity index (χ0v) is 21.3. The van der Waals surface area contributed by atoms with E-state index < -0.39 is 12.2 Å². The number of H-pyrrole nitrogens is 1. The summed E-state index contributed by atoms with van der Waals surface area (Å²) in [6, 6.07) is 0.268. The number of hydrogen-bond acceptors (Lipinski definition) is 6. The second-order valence-corrected chi connectivity index (χ2v) is 10.2. The summed E-state index contributed by atoms with van der Waals surface area (Å²) in [5, 5.41) is 4.24. The fourth-order valence-electron chi connectivity index (χ4n) is 5.26. The molecule has 2 aliphatic heterocycles. The molecule has 0 bridgehead atoms. The van der Waals surface area contributed by atoms with Crippen LogP contribution >= 0.6 is 0 Å². The molecule has 0 spiro atoms. The molecule has 2 fully saturated rings. The molecule has 35 heavy (non-hydrogen) atoms. The molecule has 2 aliphatic rings. The molecule has 0 saturated carbocycles. The maximum absolute atomic E-state index is 15.0. The maximum Gasteiger partial charge on any atom is 0.246 e. The lowest BCUT2D eigenvalue weighted by atomic mass is 9.92. The number of hydrogen-bond donors (Lipinski definition) is 2. The maximum atomic E-state index is 15.0. The SMILES string of the molecule is CC(C)N(C/C=C/C(=O)N1CC[C@H](F)[C@@H](Nc2ncnc3[nH]cc(C4CCOCC4)c23)C1)C(C)C. The molecule has 9 heteroatoms. The predicted octanol–water partition coefficient (Wildman–Crippen LogP) is 3.88. The zero-order chi connectivity index (χ0) is 24.9. The number of rotatable bonds is 8. The minimum absolute atomic E-state index is 0.0754. The Hall–Kier alpha value is -2.52. The molecule has 1 amide bonds. The monoisotopic (exact) mass is 486 g/mol. The molecule has 8 nitrogen and oxygen atoms in total. The Kier molecular flexibility index (Phi) is 8.38. The minimum atomic E-state index is -1.06. The summed E-state index contributed by atoms with van der Waals surface area (Å²) in [4.78, 5) is 29.0. The van der Waals surface area contributed by atoms with Crippen molar-refractivity contribution in [1.29, 1.82) is 0 Å². The third kappa shape index (κ3) is 6.01. The highest BCUT2D eigenvalue weighted by Gasteiger charge is 2.32. The van der Waals surface area contributed by atoms with Gasteiger partial charge in [0.05, 0.1) is 11.4 Å². The number of nitrogens with one attached hydrogen (secondary N) is 2. The third-order valence-electron chi connectivity index (χ3n) is 7.23. The van der Waals surface area contributed by atoms with Gasteiger partial charge in [0.15, 0.2) is 0 Å². The van der Waals surface area contributed by atoms with Gasteiger partial charge in [0.1, 0.15) is 24.0 Å². The van der Waals surface area contributed by atoms with Crippen LogP contribution in [0, 0.1) is 0 Å². The summed E-state index contributed by atoms with van der Waals surface area (Å²) in [6.45, 7) is 11.5. The molecule has 2 saturated heterocycles. The molecule has 192 valence electrons. The minimum Gasteiger partial charge on any atom is -0.381 e. The van der Waals surface area contributed by atoms with Gasteiger partial charge in [-0.2, -0.15) is 0 Å². The smallest absolute Gasteiger partial charge is 0.246 e. The van der Waals surface area contributed by atoms with Crippen LogP contribution in [-0.4, -0.2) is 87.8 Å². The Bertz CT molecular complexity index is 1010. The average molecular weight is 487 g/mol. The van der Waals surface area contributed by atoms with E-state index >= 15 is 0 Å². The van der Waals surface area contributed by atoms with Gasteiger partial charge in [-0.1, -0.05) is 6.08 Å². The Balaban J connectivity index is 1.45. The topological polar surface area (TPSA) is 86.4 Å². The average Bonchev–Trinajstić information content (AvgIpc) is 3.28. The van der Waals surface area contributed by atoms with E-state index in [1.807, 2.05) is 12.3 Å². The number of halogens is 1. The van der Waals surface area contributed by atoms with Gasteiger partial charge in [-0.05, 0) is 58.4 Å². The summed E-state index contributed by atoms with van der Waals surface area (Å²) < 4.78 is 20.5. The molecule has 2 atom stereocenters. The molecular formula is C26H39FN6O2. The van der Waals surface area contributed by atoms with Gasteiger partial charge in [-0.25, -0.2) is 14.4 Å². The molecule has 2 N–H and O–H groups in total. The normalized spacial score (nSPS) is 22.2. The quantitative estimate of drug-likeness (QED) is 0.551. The standard InChI is InChI=1S/C26H39FN6O2/c1-17(2)33(18(3)4)10-5-6-23(34)32-11-7-21(27)22(15-32)31-26-24-20(19-8-12-35-13-9-19)14-28-25(24)29-16-30-26/h5-6,14,16-19,21-22H,7-13,15H2,1-4H3,(H2,28,29,30,31)/b6-5+/t21-,22-/m0/s1. The van der Waals surface area contributed by atoms with E-state index in [4.69, 9.17) is 4.74 Å². The van der Waals surface area contributed by atoms with Crippen molar-refractivity contribution in [3.05, 3.63) is 30.2 Å². The van der Waals surface area contributed by atoms with Crippen LogP contribution in [0.3, 0.4) is 0 Å². The first-order chi connectivity index (χ1) is 16.8. The lowest BCUT2D eigenvalue weighted by Gasteiger charge is -2.35. The van der Waals surface area contributed by atoms with E-state index in [9.17, 15) is 9.18 Å². The highest BCUT2D eigenvalue weighted by molar-refractivity contribution is 5.91. The Morgan fingerprint density at radius 3 is 2.71 bits per heavy atom. The van der Waals surface area contributed by atoms with Crippen molar-refractivity contribution in [3.8, 4) is 0 Å². The van der Waals surface area contributed by atoms with Crippen molar-refractivity contribution < 1.29 is 13.9 Å². The highest BCUT2D eigenvalue weighted by atomic mass is 19.1. The molecule has 0 aromatic carbocycles. The number of carbonyl (C=O) groups excluding carboxylic acids is 1. The van der Waals surface area contributed by atoms with Gasteiger partial charge >= 0.3 is 0 Å². The van der Waals surface area contributed by atoms with E-state index in [0.717, 1.165) is 42.7 Å². The van der Waals surface area contributed by atoms with Gasteiger partial charge in [-0.15, -0.1) is 0 Å². The molecule has 4 heterocycles. The van der Waals surface area contributed by atoms with Crippen LogP contribution in [0.25, 0.3) is 11.0 Å². The third-order valence-corrected chi connectivity index (χ3v) is 7.23. The van der Waals surface area contributed by atoms with Crippen LogP contribution in [0.1, 0.15) is 58.4 Å². The Labute approximate surface area is 207 Å². The van der Waals surface area contributed by atoms with Gasteiger partial charge in [0.2, 0.25) is 5.91 Å². The number of fused-ring (bicyclic) bond motifs is 1. The van der Waals surface area contributed by atoms with E-state index in [2.05, 4.69) is 52.9 Å². The molecule has 2 aromatic heterocycles. The van der Waals surface area contributed by atoms with Crippen molar-refractivity contribution in [2.45, 2.75) is 77.2 Å². The Morgan fingerprint density at radius 1 is 1.26 bits per heavy atom. The van der Waals surface area contributed by atoms with Crippen LogP contribution in [0.2, 0.25) is 0 Å². The number of aromatic nitrogens is 3. The molecule has 4 rings (SSSR count). The van der Waals surface area contributed by atoms with Gasteiger partial charge < -0.3 is 19.9 Å². The number of anilines is 1. The largest absolute Gasteiger partial charge is 0.381 e. The van der Waals surface area contributed by atoms with Crippen molar-refractivity contribution in [1.82, 2.24) is 24.8 Å². The lowest BCUT2D eigenvalue weighted by Crippen LogP contribution is -2.50. The summed E-state index contributed by atoms with van der Waals surface area (Å²) in [6.07, 6.45) is 8.15. The first-order valence-electron chi connectivity index (χ1n) is 12.9. The zero-order valence-electron chi connectivity index (χ0n) is 21.3. The second kappa shape index (κ2) is 11.5. The Morgan fingerprint density at radius 2 is 2.00 bits per heavy atom. The number of aromatic amines is 1. The number of piperidine rings is 1. The first kappa shape index (κ1) is 25.6. The molecule has 0 radical (unpaired) electrons. The van der Waals surface area contributed by atoms with Crippen molar-refractivity contribution in [2.24, 2.45) is 0 Å². The number of likely N-dealkylation sites (tertiary alicyclic amines) is 1. The summed E-state index contributed by atoms with van der Waals surface area (Å²) in [5.41, 5.74) is 1.89. The molecule has 2 aromatic rings. The first-order valence-corrected chi connectivity index (χ1v) is 12.9. The van der Waals surface area contributed by atoms with Crippen LogP contribution in [-0.2, 0) is 9.53 Å². The fraction of sp³-hybridized carbons (Fsp3) is 0.654. The van der Waals surface area contributed by atoms with Crippen molar-refractivity contribution in [2.75, 3.05) is 38.2 Å². The van der Waals surface area contributed by atoms with Crippen molar-refractivity contribution >= 4 is 22.8 Å². The number of amides is 1. The van der Waals surface area contributed by atoms with Crippen LogP contribution < -0.4 is 5.32 Å². The second-order valence-electron chi connectivity index (χ2n) is 10.2. The van der Waals surface area contributed by atoms with Gasteiger partial charge in [0, 0.05) is 57.2 Å². The fourth-order valence-corrected chi connectivity index (χ4v) is 5.26. The van der Waals surface area contributed by atoms with Crippen LogP contribution in [0.5, 0.6) is 0 Å². The van der Waals surface area contributed by atoms with Gasteiger partial charge in [0.25, 0.3) is 0 Å². The molecule has 0 aliphatic carbocycles. The number of carbonyl (C=O) groups is 1. The summed E-state index contributed by atoms with van der Waals surface area (Å²) in [7, 11) is 0. The number of alkyl halides is 1. The van der Waals surface area contributed by atoms with Crippen LogP contribution in [0.4, 0.5) is 10.2 Å². The van der Waals surface area contributed by atoms with E-state index in [1.165, 1.54) is 6.33 Å². The number of nitrogens with zero attached hydrogens (tertiary/aromatic N) is 4. The van der Waals surface area contributed by atoms with Gasteiger partial charge in [-0.3, -0.25) is 9.69 Å². The lowest BCUT2D eigenvalue weighted by molar-refractivity contribution is -0.127. The van der Waals surface area contributed by atoms with E-state index in [0.29, 0.717) is 49.9 Å². The van der Waals surface area contributed by atoms with E-state index in [1.54, 1.807) is 11.0 Å². The highest BCUT2D eigenvalue weighted by Crippen LogP contribution is 2.35. The molecular weight excluding hydrogens is 447 g/mol.